The number of nitrogens with zero attached hydrogens (tertiary/aromatic N) is 1. The minimum atomic E-state index is -0.492. The maximum absolute atomic E-state index is 12.2. The van der Waals surface area contributed by atoms with Crippen molar-refractivity contribution in [3.63, 3.8) is 0 Å². The number of hydrogen-bond donors (Lipinski definition) is 1. The van der Waals surface area contributed by atoms with Crippen molar-refractivity contribution >= 4 is 11.8 Å². The van der Waals surface area contributed by atoms with Crippen LogP contribution in [0, 0.1) is 5.92 Å². The van der Waals surface area contributed by atoms with E-state index in [0.29, 0.717) is 5.92 Å². The van der Waals surface area contributed by atoms with Crippen LogP contribution >= 0.6 is 0 Å². The molecule has 1 saturated heterocycles. The molecular formula is C14H16N2O2. The molecule has 0 radical (unpaired) electrons. The second-order valence-corrected chi connectivity index (χ2v) is 5.09. The van der Waals surface area contributed by atoms with E-state index >= 15 is 0 Å². The van der Waals surface area contributed by atoms with Gasteiger partial charge < -0.3 is 10.2 Å². The third kappa shape index (κ3) is 1.78. The molecule has 1 saturated carbocycles. The van der Waals surface area contributed by atoms with Gasteiger partial charge in [-0.3, -0.25) is 9.59 Å². The predicted molar refractivity (Wildman–Crippen MR) is 66.6 cm³/mol. The van der Waals surface area contributed by atoms with Crippen LogP contribution in [0.5, 0.6) is 0 Å². The van der Waals surface area contributed by atoms with Gasteiger partial charge in [0.1, 0.15) is 12.1 Å². The molecule has 2 aliphatic rings. The van der Waals surface area contributed by atoms with Crippen LogP contribution in [0.3, 0.4) is 0 Å². The Balaban J connectivity index is 1.88. The summed E-state index contributed by atoms with van der Waals surface area (Å²) in [6.45, 7) is 0. The maximum atomic E-state index is 12.2. The molecule has 0 aromatic heterocycles. The van der Waals surface area contributed by atoms with Crippen LogP contribution in [0.1, 0.15) is 24.4 Å². The van der Waals surface area contributed by atoms with Crippen LogP contribution in [-0.2, 0) is 9.59 Å². The summed E-state index contributed by atoms with van der Waals surface area (Å²) in [7, 11) is 1.72. The van der Waals surface area contributed by atoms with E-state index in [9.17, 15) is 9.59 Å². The van der Waals surface area contributed by atoms with Crippen molar-refractivity contribution in [3.05, 3.63) is 35.9 Å². The van der Waals surface area contributed by atoms with Gasteiger partial charge in [0, 0.05) is 7.05 Å². The Morgan fingerprint density at radius 3 is 2.44 bits per heavy atom. The molecule has 2 unspecified atom stereocenters. The van der Waals surface area contributed by atoms with Crippen LogP contribution in [0.15, 0.2) is 30.3 Å². The SMILES string of the molecule is CN1C(=O)C(C2CC2)NC(=O)C1c1ccccc1. The van der Waals surface area contributed by atoms with Crippen LogP contribution in [0.25, 0.3) is 0 Å². The summed E-state index contributed by atoms with van der Waals surface area (Å²) in [5.74, 6) is 0.312. The third-order valence-electron chi connectivity index (χ3n) is 3.76. The Kier molecular flexibility index (Phi) is 2.58. The molecule has 1 aliphatic heterocycles. The molecule has 0 bridgehead atoms. The van der Waals surface area contributed by atoms with Gasteiger partial charge in [0.15, 0.2) is 0 Å². The number of hydrogen-bond acceptors (Lipinski definition) is 2. The Morgan fingerprint density at radius 1 is 1.17 bits per heavy atom. The molecule has 1 heterocycles. The largest absolute Gasteiger partial charge is 0.342 e. The van der Waals surface area contributed by atoms with E-state index in [-0.39, 0.29) is 17.9 Å². The lowest BCUT2D eigenvalue weighted by Crippen LogP contribution is -2.58. The standard InChI is InChI=1S/C14H16N2O2/c1-16-12(10-5-3-2-4-6-10)13(17)15-11(14(16)18)9-7-8-9/h2-6,9,11-12H,7-8H2,1H3,(H,15,17). The van der Waals surface area contributed by atoms with Gasteiger partial charge in [0.25, 0.3) is 0 Å². The van der Waals surface area contributed by atoms with E-state index in [1.165, 1.54) is 0 Å². The van der Waals surface area contributed by atoms with E-state index < -0.39 is 6.04 Å². The molecule has 1 aromatic carbocycles. The van der Waals surface area contributed by atoms with Crippen molar-refractivity contribution in [2.75, 3.05) is 7.05 Å². The Morgan fingerprint density at radius 2 is 1.83 bits per heavy atom. The molecule has 1 aromatic rings. The van der Waals surface area contributed by atoms with Crippen LogP contribution in [-0.4, -0.2) is 29.8 Å². The first kappa shape index (κ1) is 11.3. The fraction of sp³-hybridized carbons (Fsp3) is 0.429. The Labute approximate surface area is 106 Å². The van der Waals surface area contributed by atoms with E-state index in [1.807, 2.05) is 30.3 Å². The number of carbonyl (C=O) groups is 2. The van der Waals surface area contributed by atoms with Gasteiger partial charge in [0.05, 0.1) is 0 Å². The summed E-state index contributed by atoms with van der Waals surface area (Å²) in [5.41, 5.74) is 0.861. The van der Waals surface area contributed by atoms with Crippen LogP contribution < -0.4 is 5.32 Å². The third-order valence-corrected chi connectivity index (χ3v) is 3.76. The normalized spacial score (nSPS) is 28.2. The molecule has 18 heavy (non-hydrogen) atoms. The fourth-order valence-electron chi connectivity index (χ4n) is 2.58. The van der Waals surface area contributed by atoms with Crippen molar-refractivity contribution in [1.29, 1.82) is 0 Å². The van der Waals surface area contributed by atoms with Gasteiger partial charge >= 0.3 is 0 Å². The average molecular weight is 244 g/mol. The highest BCUT2D eigenvalue weighted by Gasteiger charge is 2.45. The molecule has 2 amide bonds. The average Bonchev–Trinajstić information content (AvgIpc) is 3.19. The lowest BCUT2D eigenvalue weighted by molar-refractivity contribution is -0.148. The summed E-state index contributed by atoms with van der Waals surface area (Å²) in [5, 5.41) is 2.88. The predicted octanol–water partition coefficient (Wildman–Crippen LogP) is 1.09. The number of piperazine rings is 1. The van der Waals surface area contributed by atoms with E-state index in [2.05, 4.69) is 5.32 Å². The Hall–Kier alpha value is -1.84. The number of carbonyl (C=O) groups excluding carboxylic acids is 2. The highest BCUT2D eigenvalue weighted by Crippen LogP contribution is 2.36. The smallest absolute Gasteiger partial charge is 0.248 e. The molecule has 0 spiro atoms. The first-order valence-corrected chi connectivity index (χ1v) is 6.30. The summed E-state index contributed by atoms with van der Waals surface area (Å²) in [6, 6.07) is 8.63. The highest BCUT2D eigenvalue weighted by atomic mass is 16.2. The van der Waals surface area contributed by atoms with Gasteiger partial charge in [-0.2, -0.15) is 0 Å². The van der Waals surface area contributed by atoms with E-state index in [0.717, 1.165) is 18.4 Å². The van der Waals surface area contributed by atoms with Crippen molar-refractivity contribution < 1.29 is 9.59 Å². The summed E-state index contributed by atoms with van der Waals surface area (Å²) < 4.78 is 0. The second kappa shape index (κ2) is 4.12. The minimum Gasteiger partial charge on any atom is -0.342 e. The van der Waals surface area contributed by atoms with Crippen LogP contribution in [0.4, 0.5) is 0 Å². The topological polar surface area (TPSA) is 49.4 Å². The van der Waals surface area contributed by atoms with Gasteiger partial charge in [-0.15, -0.1) is 0 Å². The van der Waals surface area contributed by atoms with Crippen molar-refractivity contribution in [1.82, 2.24) is 10.2 Å². The molecule has 4 nitrogen and oxygen atoms in total. The highest BCUT2D eigenvalue weighted by molar-refractivity contribution is 5.97. The van der Waals surface area contributed by atoms with Gasteiger partial charge in [-0.25, -0.2) is 0 Å². The summed E-state index contributed by atoms with van der Waals surface area (Å²) in [4.78, 5) is 26.0. The zero-order chi connectivity index (χ0) is 12.7. The van der Waals surface area contributed by atoms with E-state index in [4.69, 9.17) is 0 Å². The lowest BCUT2D eigenvalue weighted by Gasteiger charge is -2.36. The molecule has 2 atom stereocenters. The van der Waals surface area contributed by atoms with Crippen LogP contribution in [0.2, 0.25) is 0 Å². The first-order valence-electron chi connectivity index (χ1n) is 6.30. The number of amides is 2. The molecule has 1 N–H and O–H groups in total. The number of nitrogens with one attached hydrogen (secondary N) is 1. The Bertz CT molecular complexity index is 482. The van der Waals surface area contributed by atoms with Crippen molar-refractivity contribution in [2.24, 2.45) is 5.92 Å². The maximum Gasteiger partial charge on any atom is 0.248 e. The second-order valence-electron chi connectivity index (χ2n) is 5.09. The van der Waals surface area contributed by atoms with Gasteiger partial charge in [-0.1, -0.05) is 30.3 Å². The van der Waals surface area contributed by atoms with E-state index in [1.54, 1.807) is 11.9 Å². The number of rotatable bonds is 2. The molecule has 1 aliphatic carbocycles. The minimum absolute atomic E-state index is 0.0333. The first-order chi connectivity index (χ1) is 8.68. The lowest BCUT2D eigenvalue weighted by atomic mass is 9.98. The van der Waals surface area contributed by atoms with Crippen molar-refractivity contribution in [2.45, 2.75) is 24.9 Å². The number of likely N-dealkylation sites (N-methyl/N-ethyl adjacent to an activating group) is 1. The zero-order valence-electron chi connectivity index (χ0n) is 10.3. The molecule has 4 heteroatoms. The molecular weight excluding hydrogens is 228 g/mol. The fourth-order valence-corrected chi connectivity index (χ4v) is 2.58. The van der Waals surface area contributed by atoms with Gasteiger partial charge in [-0.05, 0) is 24.3 Å². The van der Waals surface area contributed by atoms with Crippen molar-refractivity contribution in [3.8, 4) is 0 Å². The number of benzene rings is 1. The monoisotopic (exact) mass is 244 g/mol. The zero-order valence-corrected chi connectivity index (χ0v) is 10.3. The summed E-state index contributed by atoms with van der Waals surface area (Å²) in [6.07, 6.45) is 2.08. The molecule has 94 valence electrons. The quantitative estimate of drug-likeness (QED) is 0.846. The van der Waals surface area contributed by atoms with Gasteiger partial charge in [0.2, 0.25) is 11.8 Å². The molecule has 2 fully saturated rings. The summed E-state index contributed by atoms with van der Waals surface area (Å²) >= 11 is 0. The molecule has 3 rings (SSSR count).